The van der Waals surface area contributed by atoms with Crippen LogP contribution in [0.1, 0.15) is 25.7 Å². The van der Waals surface area contributed by atoms with E-state index in [0.717, 1.165) is 10.4 Å². The molecule has 0 aliphatic carbocycles. The Kier molecular flexibility index (Phi) is 3.67. The molecule has 0 radical (unpaired) electrons. The van der Waals surface area contributed by atoms with E-state index in [1.165, 1.54) is 16.9 Å². The summed E-state index contributed by atoms with van der Waals surface area (Å²) in [7, 11) is 0. The molecule has 1 aromatic carbocycles. The summed E-state index contributed by atoms with van der Waals surface area (Å²) in [6.07, 6.45) is 0. The first-order valence-corrected chi connectivity index (χ1v) is 6.58. The van der Waals surface area contributed by atoms with Crippen LogP contribution in [0.25, 0.3) is 0 Å². The third kappa shape index (κ3) is 2.71. The van der Waals surface area contributed by atoms with E-state index in [-0.39, 0.29) is 5.91 Å². The highest BCUT2D eigenvalue weighted by Gasteiger charge is 2.10. The second kappa shape index (κ2) is 5.23. The maximum Gasteiger partial charge on any atom is 0.261 e. The minimum absolute atomic E-state index is 0.0666. The standard InChI is InChI=1S/C14H16N2OS/c1-9-5-3-4-6-11(9)8-16-14(17)13-7-12(15)10(2)18-13/h3-7H,8,15H2,1-2H3,(H,16,17). The number of anilines is 1. The van der Waals surface area contributed by atoms with Crippen molar-refractivity contribution in [1.82, 2.24) is 5.32 Å². The van der Waals surface area contributed by atoms with E-state index in [0.29, 0.717) is 17.1 Å². The molecular formula is C14H16N2OS. The molecular weight excluding hydrogens is 244 g/mol. The van der Waals surface area contributed by atoms with Crippen molar-refractivity contribution in [2.75, 3.05) is 5.73 Å². The Bertz CT molecular complexity index is 555. The smallest absolute Gasteiger partial charge is 0.261 e. The van der Waals surface area contributed by atoms with Gasteiger partial charge in [-0.15, -0.1) is 11.3 Å². The lowest BCUT2D eigenvalue weighted by molar-refractivity contribution is 0.0955. The maximum atomic E-state index is 11.9. The second-order valence-electron chi connectivity index (χ2n) is 4.23. The van der Waals surface area contributed by atoms with Gasteiger partial charge in [0.1, 0.15) is 0 Å². The zero-order chi connectivity index (χ0) is 13.1. The number of aryl methyl sites for hydroxylation is 2. The molecule has 2 aromatic rings. The molecule has 1 heterocycles. The number of nitrogen functional groups attached to an aromatic ring is 1. The van der Waals surface area contributed by atoms with Crippen LogP contribution >= 0.6 is 11.3 Å². The number of hydrogen-bond acceptors (Lipinski definition) is 3. The van der Waals surface area contributed by atoms with Crippen LogP contribution in [0.15, 0.2) is 30.3 Å². The molecule has 1 aromatic heterocycles. The number of carbonyl (C=O) groups is 1. The first-order valence-electron chi connectivity index (χ1n) is 5.76. The molecule has 0 spiro atoms. The van der Waals surface area contributed by atoms with Crippen LogP contribution in [-0.2, 0) is 6.54 Å². The highest BCUT2D eigenvalue weighted by molar-refractivity contribution is 7.14. The fourth-order valence-electron chi connectivity index (χ4n) is 1.68. The number of hydrogen-bond donors (Lipinski definition) is 2. The SMILES string of the molecule is Cc1ccccc1CNC(=O)c1cc(N)c(C)s1. The third-order valence-corrected chi connectivity index (χ3v) is 3.95. The lowest BCUT2D eigenvalue weighted by atomic mass is 10.1. The Hall–Kier alpha value is -1.81. The van der Waals surface area contributed by atoms with Gasteiger partial charge in [0.05, 0.1) is 4.88 Å². The molecule has 94 valence electrons. The van der Waals surface area contributed by atoms with Crippen LogP contribution < -0.4 is 11.1 Å². The Morgan fingerprint density at radius 3 is 2.67 bits per heavy atom. The van der Waals surface area contributed by atoms with E-state index >= 15 is 0 Å². The minimum atomic E-state index is -0.0666. The van der Waals surface area contributed by atoms with Gasteiger partial charge in [0.15, 0.2) is 0 Å². The summed E-state index contributed by atoms with van der Waals surface area (Å²) in [5.74, 6) is -0.0666. The number of carbonyl (C=O) groups excluding carboxylic acids is 1. The zero-order valence-corrected chi connectivity index (χ0v) is 11.3. The van der Waals surface area contributed by atoms with E-state index in [2.05, 4.69) is 5.32 Å². The van der Waals surface area contributed by atoms with Crippen LogP contribution in [-0.4, -0.2) is 5.91 Å². The van der Waals surface area contributed by atoms with Crippen molar-refractivity contribution in [3.63, 3.8) is 0 Å². The Labute approximate surface area is 111 Å². The fourth-order valence-corrected chi connectivity index (χ4v) is 2.54. The van der Waals surface area contributed by atoms with Crippen molar-refractivity contribution in [3.05, 3.63) is 51.2 Å². The zero-order valence-electron chi connectivity index (χ0n) is 10.5. The molecule has 0 fully saturated rings. The van der Waals surface area contributed by atoms with Crippen LogP contribution in [0.5, 0.6) is 0 Å². The van der Waals surface area contributed by atoms with Gasteiger partial charge in [-0.25, -0.2) is 0 Å². The van der Waals surface area contributed by atoms with E-state index in [4.69, 9.17) is 5.73 Å². The van der Waals surface area contributed by atoms with Crippen molar-refractivity contribution >= 4 is 22.9 Å². The highest BCUT2D eigenvalue weighted by atomic mass is 32.1. The molecule has 3 N–H and O–H groups in total. The lowest BCUT2D eigenvalue weighted by Gasteiger charge is -2.06. The summed E-state index contributed by atoms with van der Waals surface area (Å²) in [4.78, 5) is 13.6. The summed E-state index contributed by atoms with van der Waals surface area (Å²) >= 11 is 1.42. The fraction of sp³-hybridized carbons (Fsp3) is 0.214. The average molecular weight is 260 g/mol. The van der Waals surface area contributed by atoms with Crippen LogP contribution in [0.3, 0.4) is 0 Å². The molecule has 3 nitrogen and oxygen atoms in total. The molecule has 18 heavy (non-hydrogen) atoms. The summed E-state index contributed by atoms with van der Waals surface area (Å²) in [5, 5.41) is 2.91. The molecule has 4 heteroatoms. The number of thiophene rings is 1. The van der Waals surface area contributed by atoms with Gasteiger partial charge in [0.2, 0.25) is 0 Å². The molecule has 0 aliphatic rings. The topological polar surface area (TPSA) is 55.1 Å². The quantitative estimate of drug-likeness (QED) is 0.891. The molecule has 0 bridgehead atoms. The van der Waals surface area contributed by atoms with Crippen LogP contribution in [0.2, 0.25) is 0 Å². The molecule has 0 atom stereocenters. The van der Waals surface area contributed by atoms with Gasteiger partial charge in [0.25, 0.3) is 5.91 Å². The summed E-state index contributed by atoms with van der Waals surface area (Å²) in [6, 6.07) is 9.75. The van der Waals surface area contributed by atoms with E-state index < -0.39 is 0 Å². The number of nitrogens with two attached hydrogens (primary N) is 1. The maximum absolute atomic E-state index is 11.9. The van der Waals surface area contributed by atoms with Gasteiger partial charge in [-0.3, -0.25) is 4.79 Å². The first kappa shape index (κ1) is 12.6. The molecule has 0 unspecified atom stereocenters. The third-order valence-electron chi connectivity index (χ3n) is 2.88. The summed E-state index contributed by atoms with van der Waals surface area (Å²) in [5.41, 5.74) is 8.73. The molecule has 2 rings (SSSR count). The van der Waals surface area contributed by atoms with Gasteiger partial charge in [-0.2, -0.15) is 0 Å². The predicted octanol–water partition coefficient (Wildman–Crippen LogP) is 2.88. The number of rotatable bonds is 3. The molecule has 0 saturated heterocycles. The van der Waals surface area contributed by atoms with Crippen LogP contribution in [0, 0.1) is 13.8 Å². The number of benzene rings is 1. The molecule has 1 amide bonds. The summed E-state index contributed by atoms with van der Waals surface area (Å²) in [6.45, 7) is 4.50. The Morgan fingerprint density at radius 2 is 2.06 bits per heavy atom. The normalized spacial score (nSPS) is 10.3. The summed E-state index contributed by atoms with van der Waals surface area (Å²) < 4.78 is 0. The largest absolute Gasteiger partial charge is 0.398 e. The van der Waals surface area contributed by atoms with Gasteiger partial charge >= 0.3 is 0 Å². The van der Waals surface area contributed by atoms with Crippen molar-refractivity contribution in [2.45, 2.75) is 20.4 Å². The van der Waals surface area contributed by atoms with Crippen molar-refractivity contribution in [2.24, 2.45) is 0 Å². The van der Waals surface area contributed by atoms with E-state index in [1.807, 2.05) is 38.1 Å². The molecule has 0 aliphatic heterocycles. The lowest BCUT2D eigenvalue weighted by Crippen LogP contribution is -2.22. The van der Waals surface area contributed by atoms with Gasteiger partial charge in [-0.1, -0.05) is 24.3 Å². The predicted molar refractivity (Wildman–Crippen MR) is 75.8 cm³/mol. The minimum Gasteiger partial charge on any atom is -0.398 e. The van der Waals surface area contributed by atoms with Gasteiger partial charge in [-0.05, 0) is 31.0 Å². The van der Waals surface area contributed by atoms with Crippen molar-refractivity contribution in [3.8, 4) is 0 Å². The Morgan fingerprint density at radius 1 is 1.33 bits per heavy atom. The number of nitrogens with one attached hydrogen (secondary N) is 1. The van der Waals surface area contributed by atoms with Gasteiger partial charge in [0, 0.05) is 17.1 Å². The monoisotopic (exact) mass is 260 g/mol. The van der Waals surface area contributed by atoms with E-state index in [9.17, 15) is 4.79 Å². The van der Waals surface area contributed by atoms with Gasteiger partial charge < -0.3 is 11.1 Å². The Balaban J connectivity index is 2.03. The molecule has 0 saturated carbocycles. The van der Waals surface area contributed by atoms with E-state index in [1.54, 1.807) is 6.07 Å². The number of amides is 1. The first-order chi connectivity index (χ1) is 8.58. The average Bonchev–Trinajstić information content (AvgIpc) is 2.68. The highest BCUT2D eigenvalue weighted by Crippen LogP contribution is 2.23. The van der Waals surface area contributed by atoms with Crippen molar-refractivity contribution in [1.29, 1.82) is 0 Å². The second-order valence-corrected chi connectivity index (χ2v) is 5.49. The van der Waals surface area contributed by atoms with Crippen LogP contribution in [0.4, 0.5) is 5.69 Å². The van der Waals surface area contributed by atoms with Crippen molar-refractivity contribution < 1.29 is 4.79 Å².